The van der Waals surface area contributed by atoms with E-state index in [1.54, 1.807) is 0 Å². The van der Waals surface area contributed by atoms with E-state index in [-0.39, 0.29) is 11.2 Å². The number of aryl methyl sites for hydroxylation is 1. The van der Waals surface area contributed by atoms with Crippen molar-refractivity contribution in [3.05, 3.63) is 18.0 Å². The maximum atomic E-state index is 6.15. The highest BCUT2D eigenvalue weighted by Crippen LogP contribution is 2.36. The number of aromatic nitrogens is 3. The molecular weight excluding hydrogens is 357 g/mol. The lowest BCUT2D eigenvalue weighted by molar-refractivity contribution is 0.00578. The molecule has 1 aliphatic rings. The van der Waals surface area contributed by atoms with E-state index in [4.69, 9.17) is 14.0 Å². The molecule has 0 radical (unpaired) electrons. The second kappa shape index (κ2) is 6.99. The van der Waals surface area contributed by atoms with E-state index in [1.807, 2.05) is 17.8 Å². The number of fused-ring (bicyclic) bond motifs is 1. The van der Waals surface area contributed by atoms with Crippen LogP contribution in [0.2, 0.25) is 25.7 Å². The van der Waals surface area contributed by atoms with E-state index in [0.717, 1.165) is 34.8 Å². The summed E-state index contributed by atoms with van der Waals surface area (Å²) in [5.74, 6) is 0. The first-order chi connectivity index (χ1) is 12.4. The van der Waals surface area contributed by atoms with Crippen LogP contribution < -0.4 is 5.46 Å². The zero-order chi connectivity index (χ0) is 20.0. The van der Waals surface area contributed by atoms with Gasteiger partial charge in [0.05, 0.1) is 16.9 Å². The van der Waals surface area contributed by atoms with Gasteiger partial charge in [-0.25, -0.2) is 9.67 Å². The molecule has 1 saturated heterocycles. The number of rotatable bonds is 6. The Kier molecular flexibility index (Phi) is 5.31. The molecule has 3 rings (SSSR count). The molecule has 0 spiro atoms. The van der Waals surface area contributed by atoms with Crippen molar-refractivity contribution in [1.82, 2.24) is 14.8 Å². The lowest BCUT2D eigenvalue weighted by atomic mass is 9.80. The summed E-state index contributed by atoms with van der Waals surface area (Å²) in [6.07, 6.45) is 1.82. The van der Waals surface area contributed by atoms with E-state index in [2.05, 4.69) is 63.5 Å². The number of nitrogens with zero attached hydrogens (tertiary/aromatic N) is 3. The quantitative estimate of drug-likeness (QED) is 0.560. The first-order valence-electron chi connectivity index (χ1n) is 9.66. The zero-order valence-corrected chi connectivity index (χ0v) is 18.9. The molecule has 0 atom stereocenters. The predicted molar refractivity (Wildman–Crippen MR) is 112 cm³/mol. The molecule has 0 aromatic carbocycles. The molecule has 1 aliphatic heterocycles. The van der Waals surface area contributed by atoms with E-state index in [9.17, 15) is 0 Å². The monoisotopic (exact) mass is 389 g/mol. The molecule has 0 unspecified atom stereocenters. The lowest BCUT2D eigenvalue weighted by Crippen LogP contribution is -2.41. The minimum absolute atomic E-state index is 0.365. The molecule has 27 heavy (non-hydrogen) atoms. The fourth-order valence-corrected chi connectivity index (χ4v) is 3.71. The number of pyridine rings is 1. The lowest BCUT2D eigenvalue weighted by Gasteiger charge is -2.32. The summed E-state index contributed by atoms with van der Waals surface area (Å²) in [7, 11) is -1.50. The summed E-state index contributed by atoms with van der Waals surface area (Å²) in [5.41, 5.74) is 1.96. The average Bonchev–Trinajstić information content (AvgIpc) is 2.96. The molecule has 0 aliphatic carbocycles. The van der Waals surface area contributed by atoms with Crippen LogP contribution in [-0.4, -0.2) is 47.8 Å². The number of hydrogen-bond donors (Lipinski definition) is 0. The van der Waals surface area contributed by atoms with E-state index < -0.39 is 15.2 Å². The van der Waals surface area contributed by atoms with Crippen molar-refractivity contribution in [1.29, 1.82) is 0 Å². The van der Waals surface area contributed by atoms with Crippen molar-refractivity contribution in [3.8, 4) is 0 Å². The molecule has 0 bridgehead atoms. The van der Waals surface area contributed by atoms with Crippen LogP contribution in [0.5, 0.6) is 0 Å². The molecule has 8 heteroatoms. The Morgan fingerprint density at radius 2 is 1.78 bits per heavy atom. The first-order valence-corrected chi connectivity index (χ1v) is 13.4. The minimum Gasteiger partial charge on any atom is -0.399 e. The highest BCUT2D eigenvalue weighted by atomic mass is 28.3. The molecule has 1 fully saturated rings. The van der Waals surface area contributed by atoms with Gasteiger partial charge in [-0.3, -0.25) is 0 Å². The van der Waals surface area contributed by atoms with Gasteiger partial charge in [0.15, 0.2) is 5.65 Å². The van der Waals surface area contributed by atoms with E-state index in [1.165, 1.54) is 0 Å². The van der Waals surface area contributed by atoms with E-state index in [0.29, 0.717) is 6.73 Å². The molecule has 0 saturated carbocycles. The highest BCUT2D eigenvalue weighted by Gasteiger charge is 2.51. The van der Waals surface area contributed by atoms with Gasteiger partial charge in [0.2, 0.25) is 0 Å². The molecule has 6 nitrogen and oxygen atoms in total. The Morgan fingerprint density at radius 1 is 1.15 bits per heavy atom. The van der Waals surface area contributed by atoms with Crippen LogP contribution in [0, 0.1) is 6.92 Å². The normalized spacial score (nSPS) is 19.2. The first kappa shape index (κ1) is 20.5. The highest BCUT2D eigenvalue weighted by molar-refractivity contribution is 6.76. The van der Waals surface area contributed by atoms with Crippen molar-refractivity contribution >= 4 is 31.7 Å². The van der Waals surface area contributed by atoms with Gasteiger partial charge < -0.3 is 14.0 Å². The van der Waals surface area contributed by atoms with Crippen LogP contribution >= 0.6 is 0 Å². The standard InChI is InChI=1S/C19H32BN3O3Si/c1-14-16-11-15(20-25-18(2,3)19(4,5)26-20)12-21-17(16)23(22-14)13-24-9-10-27(6,7)8/h11-12H,9-10,13H2,1-8H3. The van der Waals surface area contributed by atoms with Crippen molar-refractivity contribution in [3.63, 3.8) is 0 Å². The van der Waals surface area contributed by atoms with Gasteiger partial charge in [0.1, 0.15) is 6.73 Å². The fraction of sp³-hybridized carbons (Fsp3) is 0.684. The third-order valence-electron chi connectivity index (χ3n) is 5.53. The van der Waals surface area contributed by atoms with Crippen molar-refractivity contribution < 1.29 is 14.0 Å². The topological polar surface area (TPSA) is 58.4 Å². The SMILES string of the molecule is Cc1nn(COCC[Si](C)(C)C)c2ncc(B3OC(C)(C)C(C)(C)O3)cc12. The maximum Gasteiger partial charge on any atom is 0.496 e. The summed E-state index contributed by atoms with van der Waals surface area (Å²) in [6, 6.07) is 3.22. The van der Waals surface area contributed by atoms with Crippen LogP contribution in [0.4, 0.5) is 0 Å². The number of ether oxygens (including phenoxy) is 1. The third-order valence-corrected chi connectivity index (χ3v) is 7.23. The van der Waals surface area contributed by atoms with Crippen LogP contribution in [0.1, 0.15) is 33.4 Å². The molecule has 148 valence electrons. The minimum atomic E-state index is -1.09. The maximum absolute atomic E-state index is 6.15. The van der Waals surface area contributed by atoms with E-state index >= 15 is 0 Å². The van der Waals surface area contributed by atoms with Crippen LogP contribution in [-0.2, 0) is 20.8 Å². The third kappa shape index (κ3) is 4.29. The molecule has 0 amide bonds. The summed E-state index contributed by atoms with van der Waals surface area (Å²) in [6.45, 7) is 18.5. The Hall–Kier alpha value is -1.22. The van der Waals surface area contributed by atoms with Gasteiger partial charge in [0, 0.05) is 31.7 Å². The predicted octanol–water partition coefficient (Wildman–Crippen LogP) is 3.35. The molecule has 0 N–H and O–H groups in total. The largest absolute Gasteiger partial charge is 0.496 e. The fourth-order valence-electron chi connectivity index (χ4n) is 2.96. The Bertz CT molecular complexity index is 813. The van der Waals surface area contributed by atoms with Gasteiger partial charge in [-0.1, -0.05) is 19.6 Å². The average molecular weight is 389 g/mol. The Labute approximate surface area is 163 Å². The smallest absolute Gasteiger partial charge is 0.399 e. The van der Waals surface area contributed by atoms with Crippen LogP contribution in [0.25, 0.3) is 11.0 Å². The molecule has 2 aromatic rings. The van der Waals surface area contributed by atoms with Gasteiger partial charge in [-0.05, 0) is 46.7 Å². The van der Waals surface area contributed by atoms with Gasteiger partial charge in [-0.2, -0.15) is 5.10 Å². The molecule has 3 heterocycles. The van der Waals surface area contributed by atoms with Crippen LogP contribution in [0.3, 0.4) is 0 Å². The summed E-state index contributed by atoms with van der Waals surface area (Å²) >= 11 is 0. The van der Waals surface area contributed by atoms with Crippen molar-refractivity contribution in [2.75, 3.05) is 6.61 Å². The van der Waals surface area contributed by atoms with Gasteiger partial charge in [0.25, 0.3) is 0 Å². The van der Waals surface area contributed by atoms with Crippen molar-refractivity contribution in [2.45, 2.75) is 78.2 Å². The van der Waals surface area contributed by atoms with Crippen LogP contribution in [0.15, 0.2) is 12.3 Å². The summed E-state index contributed by atoms with van der Waals surface area (Å²) in [5, 5.41) is 5.62. The van der Waals surface area contributed by atoms with Gasteiger partial charge >= 0.3 is 7.12 Å². The number of hydrogen-bond acceptors (Lipinski definition) is 5. The summed E-state index contributed by atoms with van der Waals surface area (Å²) < 4.78 is 20.0. The summed E-state index contributed by atoms with van der Waals surface area (Å²) in [4.78, 5) is 4.64. The Balaban J connectivity index is 1.76. The second-order valence-corrected chi connectivity index (χ2v) is 15.3. The Morgan fingerprint density at radius 3 is 2.37 bits per heavy atom. The van der Waals surface area contributed by atoms with Gasteiger partial charge in [-0.15, -0.1) is 0 Å². The zero-order valence-electron chi connectivity index (χ0n) is 17.9. The second-order valence-electron chi connectivity index (χ2n) is 9.66. The van der Waals surface area contributed by atoms with Crippen molar-refractivity contribution in [2.24, 2.45) is 0 Å². The molecule has 2 aromatic heterocycles. The molecular formula is C19H32BN3O3Si.